The minimum absolute atomic E-state index is 0.101. The van der Waals surface area contributed by atoms with Crippen molar-refractivity contribution >= 4 is 11.6 Å². The summed E-state index contributed by atoms with van der Waals surface area (Å²) in [6.07, 6.45) is 2.08. The van der Waals surface area contributed by atoms with E-state index >= 15 is 0 Å². The van der Waals surface area contributed by atoms with E-state index in [1.807, 2.05) is 0 Å². The zero-order valence-electron chi connectivity index (χ0n) is 13.2. The van der Waals surface area contributed by atoms with E-state index in [0.717, 1.165) is 32.0 Å². The number of nitro benzene ring substituents is 1. The number of hydrogen-bond acceptors (Lipinski definition) is 6. The number of phenolic OH excluding ortho intramolecular Hbond substituents is 1. The Kier molecular flexibility index (Phi) is 5.38. The number of nitrogens with one attached hydrogen (secondary N) is 1. The molecule has 8 nitrogen and oxygen atoms in total. The third kappa shape index (κ3) is 3.53. The number of nitrogens with zero attached hydrogens (tertiary/aromatic N) is 2. The summed E-state index contributed by atoms with van der Waals surface area (Å²) in [4.78, 5) is 24.8. The number of likely N-dealkylation sites (tertiary alicyclic amines) is 1. The minimum atomic E-state index is -0.735. The van der Waals surface area contributed by atoms with Crippen LogP contribution in [0.15, 0.2) is 12.1 Å². The molecule has 1 heterocycles. The van der Waals surface area contributed by atoms with Gasteiger partial charge in [0.2, 0.25) is 5.75 Å². The molecular weight excluding hydrogens is 302 g/mol. The number of ether oxygens (including phenoxy) is 1. The first kappa shape index (κ1) is 17.0. The molecule has 1 saturated heterocycles. The molecule has 1 aromatic rings. The highest BCUT2D eigenvalue weighted by Gasteiger charge is 2.28. The molecule has 0 bridgehead atoms. The maximum absolute atomic E-state index is 12.4. The summed E-state index contributed by atoms with van der Waals surface area (Å²) in [6, 6.07) is 2.66. The third-order valence-electron chi connectivity index (χ3n) is 4.17. The van der Waals surface area contributed by atoms with Crippen molar-refractivity contribution < 1.29 is 19.6 Å². The maximum atomic E-state index is 12.4. The van der Waals surface area contributed by atoms with Crippen LogP contribution in [0.25, 0.3) is 0 Å². The number of methoxy groups -OCH3 is 1. The quantitative estimate of drug-likeness (QED) is 0.607. The van der Waals surface area contributed by atoms with Crippen molar-refractivity contribution in [1.29, 1.82) is 0 Å². The van der Waals surface area contributed by atoms with Crippen LogP contribution in [0, 0.1) is 10.1 Å². The summed E-state index contributed by atoms with van der Waals surface area (Å²) >= 11 is 0. The zero-order chi connectivity index (χ0) is 17.0. The van der Waals surface area contributed by atoms with E-state index in [1.54, 1.807) is 0 Å². The lowest BCUT2D eigenvalue weighted by molar-refractivity contribution is -0.385. The molecule has 0 aromatic heterocycles. The number of likely N-dealkylation sites (N-methyl/N-ethyl adjacent to an activating group) is 1. The van der Waals surface area contributed by atoms with Crippen LogP contribution in [-0.2, 0) is 0 Å². The van der Waals surface area contributed by atoms with Gasteiger partial charge in [0.1, 0.15) is 11.3 Å². The molecule has 1 atom stereocenters. The molecule has 1 aromatic carbocycles. The van der Waals surface area contributed by atoms with Gasteiger partial charge in [-0.15, -0.1) is 0 Å². The number of carbonyl (C=O) groups excluding carboxylic acids is 1. The number of benzene rings is 1. The fourth-order valence-corrected chi connectivity index (χ4v) is 2.94. The van der Waals surface area contributed by atoms with Gasteiger partial charge in [0, 0.05) is 18.7 Å². The van der Waals surface area contributed by atoms with Crippen LogP contribution >= 0.6 is 0 Å². The Hall–Kier alpha value is -2.35. The Morgan fingerprint density at radius 3 is 2.91 bits per heavy atom. The van der Waals surface area contributed by atoms with Gasteiger partial charge in [0.25, 0.3) is 5.91 Å². The first-order chi connectivity index (χ1) is 11.0. The number of amides is 1. The Morgan fingerprint density at radius 2 is 2.30 bits per heavy atom. The van der Waals surface area contributed by atoms with E-state index in [4.69, 9.17) is 4.74 Å². The van der Waals surface area contributed by atoms with Crippen molar-refractivity contribution in [3.8, 4) is 11.5 Å². The standard InChI is InChI=1S/C15H21N3O5/c1-3-17-8-4-5-10(17)9-16-15(20)13-12(23-2)7-6-11(14(13)19)18(21)22/h6-7,10,19H,3-5,8-9H2,1-2H3,(H,16,20)/t10-/m0/s1. The van der Waals surface area contributed by atoms with Gasteiger partial charge in [-0.25, -0.2) is 0 Å². The fraction of sp³-hybridized carbons (Fsp3) is 0.533. The first-order valence-electron chi connectivity index (χ1n) is 7.56. The molecule has 2 N–H and O–H groups in total. The second kappa shape index (κ2) is 7.28. The smallest absolute Gasteiger partial charge is 0.311 e. The molecule has 1 aliphatic heterocycles. The van der Waals surface area contributed by atoms with Crippen LogP contribution in [0.4, 0.5) is 5.69 Å². The average Bonchev–Trinajstić information content (AvgIpc) is 2.99. The van der Waals surface area contributed by atoms with Crippen molar-refractivity contribution in [3.05, 3.63) is 27.8 Å². The molecule has 0 saturated carbocycles. The van der Waals surface area contributed by atoms with E-state index in [1.165, 1.54) is 13.2 Å². The Labute approximate surface area is 134 Å². The van der Waals surface area contributed by atoms with Gasteiger partial charge in [0.05, 0.1) is 12.0 Å². The number of nitro groups is 1. The molecule has 1 aliphatic rings. The summed E-state index contributed by atoms with van der Waals surface area (Å²) in [5.41, 5.74) is -0.727. The van der Waals surface area contributed by atoms with Crippen LogP contribution in [-0.4, -0.2) is 53.6 Å². The molecule has 0 radical (unpaired) electrons. The van der Waals surface area contributed by atoms with Gasteiger partial charge >= 0.3 is 5.69 Å². The number of phenols is 1. The normalized spacial score (nSPS) is 17.9. The van der Waals surface area contributed by atoms with Gasteiger partial charge in [-0.3, -0.25) is 19.8 Å². The van der Waals surface area contributed by atoms with Crippen LogP contribution < -0.4 is 10.1 Å². The fourth-order valence-electron chi connectivity index (χ4n) is 2.94. The lowest BCUT2D eigenvalue weighted by atomic mass is 10.1. The van der Waals surface area contributed by atoms with Crippen LogP contribution in [0.1, 0.15) is 30.1 Å². The zero-order valence-corrected chi connectivity index (χ0v) is 13.2. The lowest BCUT2D eigenvalue weighted by Gasteiger charge is -2.23. The SMILES string of the molecule is CCN1CCC[C@H]1CNC(=O)c1c(OC)ccc([N+](=O)[O-])c1O. The summed E-state index contributed by atoms with van der Waals surface area (Å²) in [7, 11) is 1.34. The highest BCUT2D eigenvalue weighted by Crippen LogP contribution is 2.36. The number of aromatic hydroxyl groups is 1. The molecule has 0 spiro atoms. The van der Waals surface area contributed by atoms with Crippen molar-refractivity contribution in [2.45, 2.75) is 25.8 Å². The van der Waals surface area contributed by atoms with Crippen LogP contribution in [0.2, 0.25) is 0 Å². The van der Waals surface area contributed by atoms with Crippen molar-refractivity contribution in [2.24, 2.45) is 0 Å². The van der Waals surface area contributed by atoms with Gasteiger partial charge in [0.15, 0.2) is 0 Å². The number of rotatable bonds is 6. The second-order valence-corrected chi connectivity index (χ2v) is 5.40. The molecule has 2 rings (SSSR count). The van der Waals surface area contributed by atoms with Crippen molar-refractivity contribution in [1.82, 2.24) is 10.2 Å². The predicted octanol–water partition coefficient (Wildman–Crippen LogP) is 1.52. The Balaban J connectivity index is 2.18. The van der Waals surface area contributed by atoms with E-state index in [9.17, 15) is 20.0 Å². The van der Waals surface area contributed by atoms with Gasteiger partial charge < -0.3 is 15.2 Å². The van der Waals surface area contributed by atoms with Gasteiger partial charge in [-0.05, 0) is 32.0 Å². The molecule has 126 valence electrons. The van der Waals surface area contributed by atoms with E-state index in [2.05, 4.69) is 17.1 Å². The molecule has 23 heavy (non-hydrogen) atoms. The largest absolute Gasteiger partial charge is 0.501 e. The molecule has 8 heteroatoms. The topological polar surface area (TPSA) is 105 Å². The highest BCUT2D eigenvalue weighted by molar-refractivity contribution is 6.00. The lowest BCUT2D eigenvalue weighted by Crippen LogP contribution is -2.40. The Bertz CT molecular complexity index is 605. The summed E-state index contributed by atoms with van der Waals surface area (Å²) in [5, 5.41) is 23.7. The monoisotopic (exact) mass is 323 g/mol. The summed E-state index contributed by atoms with van der Waals surface area (Å²) in [5.74, 6) is -1.15. The average molecular weight is 323 g/mol. The van der Waals surface area contributed by atoms with E-state index in [-0.39, 0.29) is 17.4 Å². The van der Waals surface area contributed by atoms with E-state index in [0.29, 0.717) is 6.54 Å². The first-order valence-corrected chi connectivity index (χ1v) is 7.56. The molecule has 1 fully saturated rings. The number of carbonyl (C=O) groups is 1. The molecule has 1 amide bonds. The van der Waals surface area contributed by atoms with Crippen molar-refractivity contribution in [2.75, 3.05) is 26.7 Å². The maximum Gasteiger partial charge on any atom is 0.311 e. The summed E-state index contributed by atoms with van der Waals surface area (Å²) < 4.78 is 5.04. The highest BCUT2D eigenvalue weighted by atomic mass is 16.6. The second-order valence-electron chi connectivity index (χ2n) is 5.40. The summed E-state index contributed by atoms with van der Waals surface area (Å²) in [6.45, 7) is 4.40. The Morgan fingerprint density at radius 1 is 1.57 bits per heavy atom. The van der Waals surface area contributed by atoms with Gasteiger partial charge in [-0.1, -0.05) is 6.92 Å². The van der Waals surface area contributed by atoms with E-state index < -0.39 is 22.3 Å². The third-order valence-corrected chi connectivity index (χ3v) is 4.17. The van der Waals surface area contributed by atoms with Crippen LogP contribution in [0.3, 0.4) is 0 Å². The molecule has 0 aliphatic carbocycles. The minimum Gasteiger partial charge on any atom is -0.501 e. The van der Waals surface area contributed by atoms with Gasteiger partial charge in [-0.2, -0.15) is 0 Å². The van der Waals surface area contributed by atoms with Crippen molar-refractivity contribution in [3.63, 3.8) is 0 Å². The molecular formula is C15H21N3O5. The predicted molar refractivity (Wildman–Crippen MR) is 83.9 cm³/mol. The number of hydrogen-bond donors (Lipinski definition) is 2. The van der Waals surface area contributed by atoms with Crippen LogP contribution in [0.5, 0.6) is 11.5 Å². The molecule has 0 unspecified atom stereocenters.